The van der Waals surface area contributed by atoms with E-state index in [4.69, 9.17) is 10.4 Å². The zero-order chi connectivity index (χ0) is 18.6. The van der Waals surface area contributed by atoms with E-state index in [1.54, 1.807) is 6.07 Å². The summed E-state index contributed by atoms with van der Waals surface area (Å²) in [5.41, 5.74) is -0.511. The molecule has 1 amide bonds. The predicted octanol–water partition coefficient (Wildman–Crippen LogP) is 3.42. The van der Waals surface area contributed by atoms with E-state index in [9.17, 15) is 22.4 Å². The summed E-state index contributed by atoms with van der Waals surface area (Å²) in [4.78, 5) is 12.0. The second kappa shape index (κ2) is 7.70. The molecule has 0 saturated heterocycles. The van der Waals surface area contributed by atoms with Crippen LogP contribution in [-0.2, 0) is 0 Å². The molecule has 1 aromatic rings. The minimum atomic E-state index is -4.53. The highest BCUT2D eigenvalue weighted by Gasteiger charge is 2.41. The summed E-state index contributed by atoms with van der Waals surface area (Å²) in [6.45, 7) is -0.0479. The van der Waals surface area contributed by atoms with Gasteiger partial charge in [-0.2, -0.15) is 18.4 Å². The van der Waals surface area contributed by atoms with Crippen LogP contribution in [0.1, 0.15) is 36.4 Å². The number of amides is 1. The molecular weight excluding hydrogens is 342 g/mol. The monoisotopic (exact) mass is 359 g/mol. The summed E-state index contributed by atoms with van der Waals surface area (Å²) < 4.78 is 53.7. The van der Waals surface area contributed by atoms with Crippen molar-refractivity contribution >= 4 is 6.09 Å². The number of hydrogen-bond donors (Lipinski definition) is 2. The average molecular weight is 359 g/mol. The Balaban J connectivity index is 2.33. The maximum absolute atomic E-state index is 14.5. The highest BCUT2D eigenvalue weighted by atomic mass is 19.4. The molecule has 1 aliphatic rings. The number of carbonyl (C=O) groups is 1. The number of benzene rings is 1. The molecule has 0 aliphatic heterocycles. The molecule has 1 fully saturated rings. The highest BCUT2D eigenvalue weighted by Crippen LogP contribution is 2.41. The lowest BCUT2D eigenvalue weighted by Crippen LogP contribution is -2.40. The Morgan fingerprint density at radius 2 is 2.12 bits per heavy atom. The van der Waals surface area contributed by atoms with E-state index >= 15 is 0 Å². The van der Waals surface area contributed by atoms with Crippen molar-refractivity contribution in [2.45, 2.75) is 37.5 Å². The van der Waals surface area contributed by atoms with Gasteiger partial charge < -0.3 is 10.4 Å². The number of carboxylic acid groups (broad SMARTS) is 1. The van der Waals surface area contributed by atoms with E-state index in [-0.39, 0.29) is 30.3 Å². The summed E-state index contributed by atoms with van der Waals surface area (Å²) in [5, 5.41) is 19.7. The van der Waals surface area contributed by atoms with Crippen molar-refractivity contribution in [1.82, 2.24) is 10.2 Å². The molecule has 0 aromatic heterocycles. The lowest BCUT2D eigenvalue weighted by atomic mass is 9.98. The highest BCUT2D eigenvalue weighted by molar-refractivity contribution is 5.64. The molecular formula is C16H17F4N3O2. The molecule has 2 rings (SSSR count). The Bertz CT molecular complexity index is 668. The first-order valence-corrected chi connectivity index (χ1v) is 7.70. The van der Waals surface area contributed by atoms with Crippen molar-refractivity contribution in [3.8, 4) is 6.07 Å². The van der Waals surface area contributed by atoms with Gasteiger partial charge in [0.15, 0.2) is 0 Å². The third kappa shape index (κ3) is 5.32. The summed E-state index contributed by atoms with van der Waals surface area (Å²) in [7, 11) is 0. The maximum atomic E-state index is 14.5. The minimum absolute atomic E-state index is 0.0218. The van der Waals surface area contributed by atoms with Gasteiger partial charge in [-0.25, -0.2) is 9.18 Å². The molecule has 1 unspecified atom stereocenters. The van der Waals surface area contributed by atoms with Crippen molar-refractivity contribution in [2.24, 2.45) is 0 Å². The molecule has 0 heterocycles. The fourth-order valence-corrected chi connectivity index (χ4v) is 2.81. The quantitative estimate of drug-likeness (QED) is 0.732. The molecule has 1 saturated carbocycles. The van der Waals surface area contributed by atoms with E-state index in [2.05, 4.69) is 5.32 Å². The Morgan fingerprint density at radius 3 is 2.64 bits per heavy atom. The van der Waals surface area contributed by atoms with Gasteiger partial charge >= 0.3 is 12.3 Å². The first-order valence-electron chi connectivity index (χ1n) is 7.70. The zero-order valence-corrected chi connectivity index (χ0v) is 13.2. The van der Waals surface area contributed by atoms with Gasteiger partial charge in [0.1, 0.15) is 11.9 Å². The minimum Gasteiger partial charge on any atom is -0.465 e. The third-order valence-electron chi connectivity index (χ3n) is 4.00. The molecule has 1 aromatic carbocycles. The van der Waals surface area contributed by atoms with Gasteiger partial charge in [-0.3, -0.25) is 4.90 Å². The number of nitrogens with one attached hydrogen (secondary N) is 1. The molecule has 5 nitrogen and oxygen atoms in total. The number of nitrogens with zero attached hydrogens (tertiary/aromatic N) is 2. The summed E-state index contributed by atoms with van der Waals surface area (Å²) >= 11 is 0. The first kappa shape index (κ1) is 19.0. The zero-order valence-electron chi connectivity index (χ0n) is 13.2. The fraction of sp³-hybridized carbons (Fsp3) is 0.500. The number of hydrogen-bond acceptors (Lipinski definition) is 3. The molecule has 1 aliphatic carbocycles. The van der Waals surface area contributed by atoms with Crippen LogP contribution in [0.4, 0.5) is 22.4 Å². The standard InChI is InChI=1S/C16H17F4N3O2/c17-14-10(9-21)2-1-3-12(14)13(8-16(18,19)20)23(11-4-5-11)7-6-22-15(24)25/h1-3,11,13,22H,4-8H2,(H,24,25). The summed E-state index contributed by atoms with van der Waals surface area (Å²) in [6.07, 6.45) is -5.75. The Kier molecular flexibility index (Phi) is 5.85. The van der Waals surface area contributed by atoms with Crippen LogP contribution in [0.15, 0.2) is 18.2 Å². The molecule has 2 N–H and O–H groups in total. The lowest BCUT2D eigenvalue weighted by Gasteiger charge is -2.33. The van der Waals surface area contributed by atoms with Crippen molar-refractivity contribution in [3.05, 3.63) is 35.1 Å². The first-order chi connectivity index (χ1) is 11.7. The van der Waals surface area contributed by atoms with E-state index in [0.29, 0.717) is 12.8 Å². The largest absolute Gasteiger partial charge is 0.465 e. The van der Waals surface area contributed by atoms with Gasteiger partial charge in [-0.05, 0) is 18.9 Å². The summed E-state index contributed by atoms with van der Waals surface area (Å²) in [5.74, 6) is -0.962. The smallest absolute Gasteiger partial charge is 0.404 e. The van der Waals surface area contributed by atoms with Crippen molar-refractivity contribution in [1.29, 1.82) is 5.26 Å². The van der Waals surface area contributed by atoms with Crippen LogP contribution in [-0.4, -0.2) is 41.4 Å². The Hall–Kier alpha value is -2.34. The van der Waals surface area contributed by atoms with E-state index < -0.39 is 30.5 Å². The number of rotatable bonds is 7. The Morgan fingerprint density at radius 1 is 1.44 bits per heavy atom. The second-order valence-corrected chi connectivity index (χ2v) is 5.86. The maximum Gasteiger partial charge on any atom is 0.404 e. The van der Waals surface area contributed by atoms with Crippen molar-refractivity contribution < 1.29 is 27.5 Å². The predicted molar refractivity (Wildman–Crippen MR) is 80.3 cm³/mol. The van der Waals surface area contributed by atoms with Gasteiger partial charge in [0, 0.05) is 30.7 Å². The number of halogens is 4. The van der Waals surface area contributed by atoms with Gasteiger partial charge in [0.2, 0.25) is 0 Å². The van der Waals surface area contributed by atoms with Crippen LogP contribution in [0.25, 0.3) is 0 Å². The normalized spacial score (nSPS) is 15.7. The molecule has 136 valence electrons. The average Bonchev–Trinajstić information content (AvgIpc) is 3.33. The van der Waals surface area contributed by atoms with E-state index in [1.165, 1.54) is 23.1 Å². The fourth-order valence-electron chi connectivity index (χ4n) is 2.81. The van der Waals surface area contributed by atoms with Gasteiger partial charge in [-0.15, -0.1) is 0 Å². The van der Waals surface area contributed by atoms with Crippen LogP contribution >= 0.6 is 0 Å². The number of nitriles is 1. The van der Waals surface area contributed by atoms with Crippen LogP contribution in [0, 0.1) is 17.1 Å². The summed E-state index contributed by atoms with van der Waals surface area (Å²) in [6, 6.07) is 3.96. The topological polar surface area (TPSA) is 76.4 Å². The molecule has 1 atom stereocenters. The van der Waals surface area contributed by atoms with Gasteiger partial charge in [0.25, 0.3) is 0 Å². The van der Waals surface area contributed by atoms with Gasteiger partial charge in [-0.1, -0.05) is 12.1 Å². The van der Waals surface area contributed by atoms with E-state index in [1.807, 2.05) is 0 Å². The van der Waals surface area contributed by atoms with Crippen molar-refractivity contribution in [2.75, 3.05) is 13.1 Å². The third-order valence-corrected chi connectivity index (χ3v) is 4.00. The van der Waals surface area contributed by atoms with Gasteiger partial charge in [0.05, 0.1) is 12.0 Å². The lowest BCUT2D eigenvalue weighted by molar-refractivity contribution is -0.149. The molecule has 0 radical (unpaired) electrons. The second-order valence-electron chi connectivity index (χ2n) is 5.86. The number of alkyl halides is 3. The van der Waals surface area contributed by atoms with Crippen molar-refractivity contribution in [3.63, 3.8) is 0 Å². The molecule has 0 bridgehead atoms. The van der Waals surface area contributed by atoms with Crippen LogP contribution < -0.4 is 5.32 Å². The van der Waals surface area contributed by atoms with Crippen LogP contribution in [0.5, 0.6) is 0 Å². The Labute approximate surface area is 141 Å². The van der Waals surface area contributed by atoms with Crippen LogP contribution in [0.3, 0.4) is 0 Å². The SMILES string of the molecule is N#Cc1cccc(C(CC(F)(F)F)N(CCNC(=O)O)C2CC2)c1F. The molecule has 9 heteroatoms. The molecule has 0 spiro atoms. The van der Waals surface area contributed by atoms with Crippen LogP contribution in [0.2, 0.25) is 0 Å². The van der Waals surface area contributed by atoms with E-state index in [0.717, 1.165) is 0 Å². The molecule has 25 heavy (non-hydrogen) atoms.